The molecule has 0 aliphatic rings. The van der Waals surface area contributed by atoms with E-state index < -0.39 is 0 Å². The zero-order valence-electron chi connectivity index (χ0n) is 17.1. The van der Waals surface area contributed by atoms with Crippen molar-refractivity contribution >= 4 is 23.6 Å². The van der Waals surface area contributed by atoms with Crippen LogP contribution in [-0.4, -0.2) is 37.0 Å². The molecule has 4 N–H and O–H groups in total. The first-order valence-electron chi connectivity index (χ1n) is 9.41. The van der Waals surface area contributed by atoms with Crippen molar-refractivity contribution in [2.75, 3.05) is 19.4 Å². The quantitative estimate of drug-likeness (QED) is 0.342. The van der Waals surface area contributed by atoms with E-state index in [1.165, 1.54) is 0 Å². The molecule has 1 unspecified atom stereocenters. The third-order valence-corrected chi connectivity index (χ3v) is 4.61. The lowest BCUT2D eigenvalue weighted by Gasteiger charge is -2.10. The van der Waals surface area contributed by atoms with Crippen LogP contribution in [0.3, 0.4) is 0 Å². The smallest absolute Gasteiger partial charge is 0.231 e. The van der Waals surface area contributed by atoms with Crippen molar-refractivity contribution in [3.05, 3.63) is 83.0 Å². The standard InChI is InChI=1S/C22H24N6O2/c1-14(18-13-19(30-28-18)26-22(25-3)27-21(23)24-2)16-10-7-11-17(12-16)20(29)15-8-5-4-6-9-15/h4-14H,1-3H3,(H4,23,24,25,26,27). The highest BCUT2D eigenvalue weighted by atomic mass is 16.5. The fourth-order valence-electron chi connectivity index (χ4n) is 2.87. The molecule has 2 aromatic carbocycles. The molecule has 0 radical (unpaired) electrons. The number of aromatic nitrogens is 1. The summed E-state index contributed by atoms with van der Waals surface area (Å²) in [5.74, 6) is 0.910. The maximum absolute atomic E-state index is 12.7. The summed E-state index contributed by atoms with van der Waals surface area (Å²) in [5, 5.41) is 9.92. The SMILES string of the molecule is CN=C(N)NC(=NC)Nc1cc(C(C)c2cccc(C(=O)c3ccccc3)c2)no1. The van der Waals surface area contributed by atoms with Gasteiger partial charge in [0.15, 0.2) is 11.7 Å². The molecular weight excluding hydrogens is 380 g/mol. The number of aliphatic imine (C=N–C) groups is 2. The predicted octanol–water partition coefficient (Wildman–Crippen LogP) is 2.99. The second-order valence-corrected chi connectivity index (χ2v) is 6.59. The molecule has 3 aromatic rings. The molecule has 0 fully saturated rings. The van der Waals surface area contributed by atoms with E-state index in [9.17, 15) is 4.79 Å². The Morgan fingerprint density at radius 2 is 1.77 bits per heavy atom. The average Bonchev–Trinajstić information content (AvgIpc) is 3.26. The second-order valence-electron chi connectivity index (χ2n) is 6.59. The van der Waals surface area contributed by atoms with Crippen molar-refractivity contribution in [2.24, 2.45) is 15.7 Å². The molecule has 0 saturated carbocycles. The highest BCUT2D eigenvalue weighted by Crippen LogP contribution is 2.26. The van der Waals surface area contributed by atoms with Crippen LogP contribution in [-0.2, 0) is 0 Å². The van der Waals surface area contributed by atoms with E-state index in [0.29, 0.717) is 23.0 Å². The molecule has 0 aliphatic carbocycles. The zero-order chi connectivity index (χ0) is 21.5. The van der Waals surface area contributed by atoms with Gasteiger partial charge in [-0.1, -0.05) is 60.6 Å². The van der Waals surface area contributed by atoms with E-state index >= 15 is 0 Å². The summed E-state index contributed by atoms with van der Waals surface area (Å²) in [7, 11) is 3.17. The first-order chi connectivity index (χ1) is 14.5. The number of benzene rings is 2. The molecule has 0 aliphatic heterocycles. The third-order valence-electron chi connectivity index (χ3n) is 4.61. The Morgan fingerprint density at radius 3 is 2.47 bits per heavy atom. The van der Waals surface area contributed by atoms with Crippen LogP contribution in [0, 0.1) is 0 Å². The molecule has 0 saturated heterocycles. The van der Waals surface area contributed by atoms with Crippen molar-refractivity contribution in [3.8, 4) is 0 Å². The van der Waals surface area contributed by atoms with Gasteiger partial charge in [-0.05, 0) is 11.6 Å². The Labute approximate surface area is 174 Å². The number of anilines is 1. The van der Waals surface area contributed by atoms with Gasteiger partial charge in [0.25, 0.3) is 0 Å². The van der Waals surface area contributed by atoms with E-state index in [1.807, 2.05) is 61.5 Å². The number of nitrogens with zero attached hydrogens (tertiary/aromatic N) is 3. The summed E-state index contributed by atoms with van der Waals surface area (Å²) in [4.78, 5) is 20.6. The van der Waals surface area contributed by atoms with Crippen LogP contribution in [0.5, 0.6) is 0 Å². The minimum Gasteiger partial charge on any atom is -0.370 e. The van der Waals surface area contributed by atoms with Crippen molar-refractivity contribution in [1.29, 1.82) is 0 Å². The number of guanidine groups is 2. The summed E-state index contributed by atoms with van der Waals surface area (Å²) in [5.41, 5.74) is 8.62. The summed E-state index contributed by atoms with van der Waals surface area (Å²) in [6.07, 6.45) is 0. The maximum Gasteiger partial charge on any atom is 0.231 e. The number of hydrogen-bond donors (Lipinski definition) is 3. The average molecular weight is 404 g/mol. The monoisotopic (exact) mass is 404 g/mol. The fourth-order valence-corrected chi connectivity index (χ4v) is 2.87. The number of nitrogens with two attached hydrogens (primary N) is 1. The molecule has 1 aromatic heterocycles. The number of rotatable bonds is 5. The molecular formula is C22H24N6O2. The molecule has 1 heterocycles. The molecule has 0 bridgehead atoms. The Bertz CT molecular complexity index is 1070. The van der Waals surface area contributed by atoms with Gasteiger partial charge in [0.05, 0.1) is 5.69 Å². The molecule has 0 spiro atoms. The van der Waals surface area contributed by atoms with E-state index in [2.05, 4.69) is 25.8 Å². The predicted molar refractivity (Wildman–Crippen MR) is 118 cm³/mol. The molecule has 0 amide bonds. The normalized spacial score (nSPS) is 13.0. The Hall–Kier alpha value is -3.94. The molecule has 3 rings (SSSR count). The molecule has 1 atom stereocenters. The topological polar surface area (TPSA) is 118 Å². The van der Waals surface area contributed by atoms with Crippen LogP contribution in [0.15, 0.2) is 75.2 Å². The lowest BCUT2D eigenvalue weighted by Crippen LogP contribution is -2.40. The van der Waals surface area contributed by atoms with Gasteiger partial charge in [0.1, 0.15) is 0 Å². The van der Waals surface area contributed by atoms with Gasteiger partial charge in [0, 0.05) is 37.2 Å². The minimum atomic E-state index is -0.0786. The lowest BCUT2D eigenvalue weighted by atomic mass is 9.94. The molecule has 154 valence electrons. The van der Waals surface area contributed by atoms with Gasteiger partial charge in [-0.2, -0.15) is 0 Å². The van der Waals surface area contributed by atoms with Crippen molar-refractivity contribution in [3.63, 3.8) is 0 Å². The number of carbonyl (C=O) groups is 1. The number of ketones is 1. The van der Waals surface area contributed by atoms with Gasteiger partial charge in [0.2, 0.25) is 11.8 Å². The number of hydrogen-bond acceptors (Lipinski definition) is 5. The number of carbonyl (C=O) groups excluding carboxylic acids is 1. The largest absolute Gasteiger partial charge is 0.370 e. The van der Waals surface area contributed by atoms with Crippen LogP contribution in [0.2, 0.25) is 0 Å². The van der Waals surface area contributed by atoms with Gasteiger partial charge < -0.3 is 10.3 Å². The van der Waals surface area contributed by atoms with E-state index in [0.717, 1.165) is 11.3 Å². The Morgan fingerprint density at radius 1 is 1.03 bits per heavy atom. The first-order valence-corrected chi connectivity index (χ1v) is 9.41. The highest BCUT2D eigenvalue weighted by Gasteiger charge is 2.17. The van der Waals surface area contributed by atoms with E-state index in [4.69, 9.17) is 10.3 Å². The van der Waals surface area contributed by atoms with Gasteiger partial charge >= 0.3 is 0 Å². The fraction of sp³-hybridized carbons (Fsp3) is 0.182. The van der Waals surface area contributed by atoms with E-state index in [-0.39, 0.29) is 17.7 Å². The van der Waals surface area contributed by atoms with Crippen molar-refractivity contribution in [2.45, 2.75) is 12.8 Å². The van der Waals surface area contributed by atoms with Crippen LogP contribution in [0.4, 0.5) is 5.88 Å². The van der Waals surface area contributed by atoms with Crippen LogP contribution in [0.1, 0.15) is 40.0 Å². The Balaban J connectivity index is 1.76. The molecule has 30 heavy (non-hydrogen) atoms. The van der Waals surface area contributed by atoms with Gasteiger partial charge in [-0.15, -0.1) is 0 Å². The maximum atomic E-state index is 12.7. The highest BCUT2D eigenvalue weighted by molar-refractivity contribution is 6.09. The summed E-state index contributed by atoms with van der Waals surface area (Å²) >= 11 is 0. The summed E-state index contributed by atoms with van der Waals surface area (Å²) in [6.45, 7) is 2.00. The van der Waals surface area contributed by atoms with Crippen LogP contribution < -0.4 is 16.4 Å². The minimum absolute atomic E-state index is 0.0165. The van der Waals surface area contributed by atoms with Crippen LogP contribution in [0.25, 0.3) is 0 Å². The summed E-state index contributed by atoms with van der Waals surface area (Å²) in [6, 6.07) is 18.5. The van der Waals surface area contributed by atoms with Crippen molar-refractivity contribution < 1.29 is 9.32 Å². The van der Waals surface area contributed by atoms with E-state index in [1.54, 1.807) is 20.2 Å². The summed E-state index contributed by atoms with van der Waals surface area (Å²) < 4.78 is 5.37. The molecule has 8 nitrogen and oxygen atoms in total. The van der Waals surface area contributed by atoms with Gasteiger partial charge in [-0.3, -0.25) is 25.4 Å². The van der Waals surface area contributed by atoms with Gasteiger partial charge in [-0.25, -0.2) is 0 Å². The molecule has 8 heteroatoms. The second kappa shape index (κ2) is 9.51. The lowest BCUT2D eigenvalue weighted by molar-refractivity contribution is 0.103. The van der Waals surface area contributed by atoms with Crippen LogP contribution >= 0.6 is 0 Å². The third kappa shape index (κ3) is 4.91. The van der Waals surface area contributed by atoms with Crippen molar-refractivity contribution in [1.82, 2.24) is 10.5 Å². The first kappa shape index (κ1) is 20.8. The number of nitrogens with one attached hydrogen (secondary N) is 2. The zero-order valence-corrected chi connectivity index (χ0v) is 17.1. The Kier molecular flexibility index (Phi) is 6.59.